The molecule has 6 heteroatoms. The molecule has 1 aliphatic rings. The van der Waals surface area contributed by atoms with Crippen LogP contribution in [0.15, 0.2) is 6.33 Å². The van der Waals surface area contributed by atoms with Crippen molar-refractivity contribution in [3.8, 4) is 0 Å². The molecule has 2 rings (SSSR count). The van der Waals surface area contributed by atoms with Gasteiger partial charge in [0.15, 0.2) is 0 Å². The molecule has 0 amide bonds. The van der Waals surface area contributed by atoms with E-state index in [0.717, 1.165) is 26.3 Å². The Morgan fingerprint density at radius 3 is 2.86 bits per heavy atom. The Kier molecular flexibility index (Phi) is 2.73. The van der Waals surface area contributed by atoms with E-state index in [4.69, 9.17) is 4.74 Å². The van der Waals surface area contributed by atoms with Crippen LogP contribution in [0.5, 0.6) is 0 Å². The third kappa shape index (κ3) is 1.90. The summed E-state index contributed by atoms with van der Waals surface area (Å²) in [4.78, 5) is 14.4. The fraction of sp³-hybridized carbons (Fsp3) is 0.625. The third-order valence-electron chi connectivity index (χ3n) is 2.08. The van der Waals surface area contributed by atoms with Crippen molar-refractivity contribution < 1.29 is 4.74 Å². The first-order chi connectivity index (χ1) is 6.90. The summed E-state index contributed by atoms with van der Waals surface area (Å²) in [5, 5.41) is 2.89. The number of rotatable bonds is 2. The van der Waals surface area contributed by atoms with Gasteiger partial charge in [0.2, 0.25) is 11.9 Å². The topological polar surface area (TPSA) is 63.2 Å². The molecule has 14 heavy (non-hydrogen) atoms. The predicted octanol–water partition coefficient (Wildman–Crippen LogP) is -0.250. The first-order valence-corrected chi connectivity index (χ1v) is 4.59. The van der Waals surface area contributed by atoms with Crippen LogP contribution in [0.1, 0.15) is 0 Å². The standard InChI is InChI=1S/C8H13N5O/c1-9-7-10-6-11-8(12-7)13-2-4-14-5-3-13/h6H,2-5H2,1H3,(H,9,10,11,12). The van der Waals surface area contributed by atoms with Crippen LogP contribution in [-0.4, -0.2) is 48.3 Å². The van der Waals surface area contributed by atoms with Crippen LogP contribution >= 0.6 is 0 Å². The van der Waals surface area contributed by atoms with Crippen molar-refractivity contribution in [1.29, 1.82) is 0 Å². The molecule has 0 aliphatic carbocycles. The number of anilines is 2. The molecular formula is C8H13N5O. The highest BCUT2D eigenvalue weighted by atomic mass is 16.5. The molecule has 2 heterocycles. The molecule has 1 aromatic heterocycles. The Balaban J connectivity index is 2.13. The van der Waals surface area contributed by atoms with Crippen molar-refractivity contribution in [3.05, 3.63) is 6.33 Å². The Labute approximate surface area is 82.3 Å². The molecule has 0 unspecified atom stereocenters. The van der Waals surface area contributed by atoms with Crippen molar-refractivity contribution >= 4 is 11.9 Å². The smallest absolute Gasteiger partial charge is 0.230 e. The van der Waals surface area contributed by atoms with Crippen LogP contribution in [0, 0.1) is 0 Å². The summed E-state index contributed by atoms with van der Waals surface area (Å²) < 4.78 is 5.25. The van der Waals surface area contributed by atoms with Gasteiger partial charge in [-0.2, -0.15) is 4.98 Å². The summed E-state index contributed by atoms with van der Waals surface area (Å²) in [6.07, 6.45) is 1.52. The molecule has 0 aromatic carbocycles. The quantitative estimate of drug-likeness (QED) is 0.702. The molecule has 1 N–H and O–H groups in total. The Morgan fingerprint density at radius 1 is 1.36 bits per heavy atom. The van der Waals surface area contributed by atoms with Crippen LogP contribution in [0.3, 0.4) is 0 Å². The second-order valence-electron chi connectivity index (χ2n) is 2.96. The van der Waals surface area contributed by atoms with Gasteiger partial charge in [0, 0.05) is 20.1 Å². The fourth-order valence-electron chi connectivity index (χ4n) is 1.32. The van der Waals surface area contributed by atoms with E-state index in [9.17, 15) is 0 Å². The number of aromatic nitrogens is 3. The van der Waals surface area contributed by atoms with Gasteiger partial charge in [-0.1, -0.05) is 0 Å². The molecule has 0 bridgehead atoms. The summed E-state index contributed by atoms with van der Waals surface area (Å²) in [5.74, 6) is 1.31. The second-order valence-corrected chi connectivity index (χ2v) is 2.96. The predicted molar refractivity (Wildman–Crippen MR) is 52.4 cm³/mol. The summed E-state index contributed by atoms with van der Waals surface area (Å²) in [6.45, 7) is 3.15. The maximum Gasteiger partial charge on any atom is 0.230 e. The lowest BCUT2D eigenvalue weighted by Gasteiger charge is -2.26. The van der Waals surface area contributed by atoms with E-state index in [0.29, 0.717) is 11.9 Å². The largest absolute Gasteiger partial charge is 0.378 e. The van der Waals surface area contributed by atoms with E-state index < -0.39 is 0 Å². The Bertz CT molecular complexity index is 300. The second kappa shape index (κ2) is 4.19. The average Bonchev–Trinajstić information content (AvgIpc) is 2.30. The fourth-order valence-corrected chi connectivity index (χ4v) is 1.32. The minimum atomic E-state index is 0.599. The zero-order valence-electron chi connectivity index (χ0n) is 8.10. The number of hydrogen-bond donors (Lipinski definition) is 1. The minimum absolute atomic E-state index is 0.599. The van der Waals surface area contributed by atoms with Crippen LogP contribution in [-0.2, 0) is 4.74 Å². The van der Waals surface area contributed by atoms with E-state index in [-0.39, 0.29) is 0 Å². The molecule has 0 saturated carbocycles. The van der Waals surface area contributed by atoms with Gasteiger partial charge in [-0.25, -0.2) is 9.97 Å². The van der Waals surface area contributed by atoms with Gasteiger partial charge in [0.05, 0.1) is 13.2 Å². The van der Waals surface area contributed by atoms with Crippen LogP contribution < -0.4 is 10.2 Å². The SMILES string of the molecule is CNc1ncnc(N2CCOCC2)n1. The monoisotopic (exact) mass is 195 g/mol. The van der Waals surface area contributed by atoms with Crippen LogP contribution in [0.25, 0.3) is 0 Å². The van der Waals surface area contributed by atoms with Crippen molar-refractivity contribution in [2.24, 2.45) is 0 Å². The molecule has 1 fully saturated rings. The summed E-state index contributed by atoms with van der Waals surface area (Å²) in [7, 11) is 1.79. The third-order valence-corrected chi connectivity index (χ3v) is 2.08. The Hall–Kier alpha value is -1.43. The minimum Gasteiger partial charge on any atom is -0.378 e. The molecular weight excluding hydrogens is 182 g/mol. The van der Waals surface area contributed by atoms with Crippen molar-refractivity contribution in [3.63, 3.8) is 0 Å². The number of nitrogens with zero attached hydrogens (tertiary/aromatic N) is 4. The average molecular weight is 195 g/mol. The molecule has 0 radical (unpaired) electrons. The molecule has 6 nitrogen and oxygen atoms in total. The van der Waals surface area contributed by atoms with Gasteiger partial charge in [0.25, 0.3) is 0 Å². The summed E-state index contributed by atoms with van der Waals surface area (Å²) >= 11 is 0. The van der Waals surface area contributed by atoms with E-state index in [1.165, 1.54) is 6.33 Å². The lowest BCUT2D eigenvalue weighted by atomic mass is 10.4. The zero-order valence-corrected chi connectivity index (χ0v) is 8.10. The van der Waals surface area contributed by atoms with Gasteiger partial charge in [-0.05, 0) is 0 Å². The lowest BCUT2D eigenvalue weighted by Crippen LogP contribution is -2.37. The van der Waals surface area contributed by atoms with E-state index >= 15 is 0 Å². The molecule has 1 aromatic rings. The highest BCUT2D eigenvalue weighted by molar-refractivity contribution is 5.35. The van der Waals surface area contributed by atoms with Gasteiger partial charge in [-0.15, -0.1) is 0 Å². The number of morpholine rings is 1. The van der Waals surface area contributed by atoms with Crippen LogP contribution in [0.2, 0.25) is 0 Å². The maximum absolute atomic E-state index is 5.25. The van der Waals surface area contributed by atoms with E-state index in [1.54, 1.807) is 7.05 Å². The van der Waals surface area contributed by atoms with Crippen LogP contribution in [0.4, 0.5) is 11.9 Å². The lowest BCUT2D eigenvalue weighted by molar-refractivity contribution is 0.122. The van der Waals surface area contributed by atoms with Gasteiger partial charge >= 0.3 is 0 Å². The first-order valence-electron chi connectivity index (χ1n) is 4.59. The molecule has 1 aliphatic heterocycles. The Morgan fingerprint density at radius 2 is 2.14 bits per heavy atom. The number of hydrogen-bond acceptors (Lipinski definition) is 6. The van der Waals surface area contributed by atoms with Gasteiger partial charge in [-0.3, -0.25) is 0 Å². The normalized spacial score (nSPS) is 16.8. The van der Waals surface area contributed by atoms with E-state index in [1.807, 2.05) is 0 Å². The number of ether oxygens (including phenoxy) is 1. The van der Waals surface area contributed by atoms with Crippen molar-refractivity contribution in [1.82, 2.24) is 15.0 Å². The maximum atomic E-state index is 5.25. The van der Waals surface area contributed by atoms with Crippen molar-refractivity contribution in [2.75, 3.05) is 43.6 Å². The van der Waals surface area contributed by atoms with Gasteiger partial charge in [0.1, 0.15) is 6.33 Å². The molecule has 0 atom stereocenters. The van der Waals surface area contributed by atoms with Crippen molar-refractivity contribution in [2.45, 2.75) is 0 Å². The summed E-state index contributed by atoms with van der Waals surface area (Å²) in [5.41, 5.74) is 0. The molecule has 1 saturated heterocycles. The molecule has 0 spiro atoms. The highest BCUT2D eigenvalue weighted by Gasteiger charge is 2.13. The first kappa shape index (κ1) is 9.14. The van der Waals surface area contributed by atoms with E-state index in [2.05, 4.69) is 25.2 Å². The zero-order chi connectivity index (χ0) is 9.80. The molecule has 76 valence electrons. The van der Waals surface area contributed by atoms with Gasteiger partial charge < -0.3 is 15.0 Å². The highest BCUT2D eigenvalue weighted by Crippen LogP contribution is 2.09. The number of nitrogens with one attached hydrogen (secondary N) is 1. The summed E-state index contributed by atoms with van der Waals surface area (Å²) in [6, 6.07) is 0.